The zero-order chi connectivity index (χ0) is 13.1. The van der Waals surface area contributed by atoms with Gasteiger partial charge in [-0.15, -0.1) is 11.3 Å². The van der Waals surface area contributed by atoms with Crippen molar-refractivity contribution in [2.24, 2.45) is 5.84 Å². The number of thiophene rings is 1. The second-order valence-corrected chi connectivity index (χ2v) is 6.00. The zero-order valence-corrected chi connectivity index (χ0v) is 12.3. The molecule has 2 rings (SSSR count). The Morgan fingerprint density at radius 1 is 1.44 bits per heavy atom. The highest BCUT2D eigenvalue weighted by molar-refractivity contribution is 9.10. The number of rotatable bonds is 4. The summed E-state index contributed by atoms with van der Waals surface area (Å²) >= 11 is 5.11. The van der Waals surface area contributed by atoms with E-state index in [2.05, 4.69) is 21.4 Å². The molecule has 3 N–H and O–H groups in total. The third-order valence-corrected chi connectivity index (χ3v) is 4.76. The monoisotopic (exact) mass is 328 g/mol. The normalized spacial score (nSPS) is 12.7. The fourth-order valence-corrected chi connectivity index (χ4v) is 3.39. The van der Waals surface area contributed by atoms with Crippen LogP contribution in [0.2, 0.25) is 0 Å². The van der Waals surface area contributed by atoms with Gasteiger partial charge in [-0.3, -0.25) is 11.3 Å². The van der Waals surface area contributed by atoms with Crippen LogP contribution in [0.25, 0.3) is 0 Å². The van der Waals surface area contributed by atoms with Crippen molar-refractivity contribution >= 4 is 27.3 Å². The highest BCUT2D eigenvalue weighted by atomic mass is 79.9. The topological polar surface area (TPSA) is 38.0 Å². The molecule has 0 aliphatic heterocycles. The Morgan fingerprint density at radius 2 is 2.22 bits per heavy atom. The van der Waals surface area contributed by atoms with Gasteiger partial charge in [0, 0.05) is 21.3 Å². The van der Waals surface area contributed by atoms with E-state index in [1.165, 1.54) is 6.07 Å². The summed E-state index contributed by atoms with van der Waals surface area (Å²) < 4.78 is 15.0. The quantitative estimate of drug-likeness (QED) is 0.663. The van der Waals surface area contributed by atoms with E-state index in [4.69, 9.17) is 5.84 Å². The maximum absolute atomic E-state index is 13.9. The molecule has 1 aromatic heterocycles. The summed E-state index contributed by atoms with van der Waals surface area (Å²) in [6.45, 7) is 1.87. The number of hydrogen-bond acceptors (Lipinski definition) is 3. The van der Waals surface area contributed by atoms with Crippen LogP contribution in [0.5, 0.6) is 0 Å². The van der Waals surface area contributed by atoms with Gasteiger partial charge in [-0.2, -0.15) is 0 Å². The number of hydrazine groups is 1. The Hall–Kier alpha value is -0.750. The molecule has 0 spiro atoms. The number of nitrogens with one attached hydrogen (secondary N) is 1. The lowest BCUT2D eigenvalue weighted by Crippen LogP contribution is -2.30. The number of aryl methyl sites for hydroxylation is 1. The largest absolute Gasteiger partial charge is 0.271 e. The van der Waals surface area contributed by atoms with Crippen LogP contribution in [0.3, 0.4) is 0 Å². The Morgan fingerprint density at radius 3 is 2.78 bits per heavy atom. The van der Waals surface area contributed by atoms with E-state index >= 15 is 0 Å². The highest BCUT2D eigenvalue weighted by Crippen LogP contribution is 2.29. The van der Waals surface area contributed by atoms with Crippen LogP contribution in [0.1, 0.15) is 22.0 Å². The Labute approximate surface area is 118 Å². The molecule has 0 bridgehead atoms. The first-order valence-electron chi connectivity index (χ1n) is 5.56. The van der Waals surface area contributed by atoms with E-state index in [0.717, 1.165) is 14.9 Å². The fourth-order valence-electron chi connectivity index (χ4n) is 1.83. The van der Waals surface area contributed by atoms with Crippen molar-refractivity contribution in [3.05, 3.63) is 55.9 Å². The molecule has 0 aliphatic carbocycles. The van der Waals surface area contributed by atoms with Crippen LogP contribution < -0.4 is 11.3 Å². The molecule has 5 heteroatoms. The van der Waals surface area contributed by atoms with Gasteiger partial charge in [-0.05, 0) is 45.9 Å². The summed E-state index contributed by atoms with van der Waals surface area (Å²) in [5, 5.41) is 2.00. The Balaban J connectivity index is 2.26. The minimum Gasteiger partial charge on any atom is -0.271 e. The molecule has 1 heterocycles. The van der Waals surface area contributed by atoms with Gasteiger partial charge in [-0.25, -0.2) is 4.39 Å². The number of nitrogens with two attached hydrogens (primary N) is 1. The van der Waals surface area contributed by atoms with Crippen LogP contribution in [0.15, 0.2) is 34.1 Å². The molecule has 2 aromatic rings. The van der Waals surface area contributed by atoms with Gasteiger partial charge in [0.15, 0.2) is 0 Å². The molecular formula is C13H14BrFN2S. The van der Waals surface area contributed by atoms with E-state index in [9.17, 15) is 4.39 Å². The first-order chi connectivity index (χ1) is 8.61. The van der Waals surface area contributed by atoms with Gasteiger partial charge in [-0.1, -0.05) is 12.1 Å². The van der Waals surface area contributed by atoms with Gasteiger partial charge in [0.1, 0.15) is 5.82 Å². The number of halogens is 2. The van der Waals surface area contributed by atoms with Gasteiger partial charge < -0.3 is 0 Å². The Kier molecular flexibility index (Phi) is 4.50. The van der Waals surface area contributed by atoms with Crippen LogP contribution in [0, 0.1) is 12.7 Å². The van der Waals surface area contributed by atoms with Crippen LogP contribution in [-0.4, -0.2) is 0 Å². The first-order valence-corrected chi connectivity index (χ1v) is 7.23. The molecule has 0 radical (unpaired) electrons. The molecule has 18 heavy (non-hydrogen) atoms. The third-order valence-electron chi connectivity index (χ3n) is 2.81. The second-order valence-electron chi connectivity index (χ2n) is 4.14. The molecule has 0 aliphatic rings. The van der Waals surface area contributed by atoms with E-state index in [0.29, 0.717) is 12.0 Å². The van der Waals surface area contributed by atoms with Crippen LogP contribution >= 0.6 is 27.3 Å². The molecule has 2 nitrogen and oxygen atoms in total. The summed E-state index contributed by atoms with van der Waals surface area (Å²) in [4.78, 5) is 1.15. The second kappa shape index (κ2) is 5.93. The number of benzene rings is 1. The van der Waals surface area contributed by atoms with Crippen molar-refractivity contribution in [2.75, 3.05) is 0 Å². The van der Waals surface area contributed by atoms with E-state index in [1.807, 2.05) is 24.4 Å². The van der Waals surface area contributed by atoms with Gasteiger partial charge in [0.05, 0.1) is 6.04 Å². The summed E-state index contributed by atoms with van der Waals surface area (Å²) in [7, 11) is 0. The molecule has 1 aromatic carbocycles. The molecule has 96 valence electrons. The summed E-state index contributed by atoms with van der Waals surface area (Å²) in [6, 6.07) is 6.98. The molecule has 0 saturated carbocycles. The fraction of sp³-hybridized carbons (Fsp3) is 0.231. The highest BCUT2D eigenvalue weighted by Gasteiger charge is 2.16. The van der Waals surface area contributed by atoms with Crippen molar-refractivity contribution in [1.29, 1.82) is 0 Å². The lowest BCUT2D eigenvalue weighted by molar-refractivity contribution is 0.512. The van der Waals surface area contributed by atoms with E-state index in [1.54, 1.807) is 17.4 Å². The average molecular weight is 329 g/mol. The van der Waals surface area contributed by atoms with Gasteiger partial charge in [0.25, 0.3) is 0 Å². The predicted molar refractivity (Wildman–Crippen MR) is 76.9 cm³/mol. The van der Waals surface area contributed by atoms with Gasteiger partial charge >= 0.3 is 0 Å². The van der Waals surface area contributed by atoms with Crippen molar-refractivity contribution in [2.45, 2.75) is 19.4 Å². The smallest absolute Gasteiger partial charge is 0.128 e. The zero-order valence-electron chi connectivity index (χ0n) is 9.91. The van der Waals surface area contributed by atoms with E-state index < -0.39 is 0 Å². The SMILES string of the molecule is Cc1ccc(C(Cc2sccc2Br)NN)c(F)c1. The average Bonchev–Trinajstić information content (AvgIpc) is 2.73. The van der Waals surface area contributed by atoms with Crippen molar-refractivity contribution < 1.29 is 4.39 Å². The molecule has 1 atom stereocenters. The van der Waals surface area contributed by atoms with Crippen LogP contribution in [-0.2, 0) is 6.42 Å². The summed E-state index contributed by atoms with van der Waals surface area (Å²) in [5.41, 5.74) is 4.20. The lowest BCUT2D eigenvalue weighted by atomic mass is 10.0. The van der Waals surface area contributed by atoms with Crippen molar-refractivity contribution in [3.8, 4) is 0 Å². The first kappa shape index (κ1) is 13.7. The molecule has 1 unspecified atom stereocenters. The van der Waals surface area contributed by atoms with Gasteiger partial charge in [0.2, 0.25) is 0 Å². The predicted octanol–water partition coefficient (Wildman–Crippen LogP) is 3.71. The van der Waals surface area contributed by atoms with E-state index in [-0.39, 0.29) is 11.9 Å². The van der Waals surface area contributed by atoms with Crippen LogP contribution in [0.4, 0.5) is 4.39 Å². The number of hydrogen-bond donors (Lipinski definition) is 2. The minimum absolute atomic E-state index is 0.217. The maximum atomic E-state index is 13.9. The Bertz CT molecular complexity index is 542. The lowest BCUT2D eigenvalue weighted by Gasteiger charge is -2.17. The molecule has 0 saturated heterocycles. The summed E-state index contributed by atoms with van der Waals surface area (Å²) in [5.74, 6) is 5.33. The van der Waals surface area contributed by atoms with Crippen molar-refractivity contribution in [1.82, 2.24) is 5.43 Å². The maximum Gasteiger partial charge on any atom is 0.128 e. The minimum atomic E-state index is -0.222. The van der Waals surface area contributed by atoms with Crippen molar-refractivity contribution in [3.63, 3.8) is 0 Å². The molecular weight excluding hydrogens is 315 g/mol. The summed E-state index contributed by atoms with van der Waals surface area (Å²) in [6.07, 6.45) is 0.661. The molecule has 0 fully saturated rings. The molecule has 0 amide bonds. The standard InChI is InChI=1S/C13H14BrFN2S/c1-8-2-3-9(11(15)6-8)12(17-16)7-13-10(14)4-5-18-13/h2-6,12,17H,7,16H2,1H3. The third kappa shape index (κ3) is 2.98.